The average molecular weight is 479 g/mol. The minimum atomic E-state index is -0.589. The average Bonchev–Trinajstić information content (AvgIpc) is 3.08. The number of piperazine rings is 1. The highest BCUT2D eigenvalue weighted by molar-refractivity contribution is 9.10. The number of rotatable bonds is 4. The Morgan fingerprint density at radius 3 is 2.27 bits per heavy atom. The van der Waals surface area contributed by atoms with Crippen molar-refractivity contribution >= 4 is 27.7 Å². The van der Waals surface area contributed by atoms with Crippen LogP contribution in [0.3, 0.4) is 0 Å². The Bertz CT molecular complexity index is 870. The maximum Gasteiger partial charge on any atom is 0.434 e. The third-order valence-corrected chi connectivity index (χ3v) is 6.23. The molecule has 2 aliphatic heterocycles. The molecular formula is C21H27BrN4O4. The number of carbonyl (C=O) groups excluding carboxylic acids is 1. The van der Waals surface area contributed by atoms with Gasteiger partial charge in [0.25, 0.3) is 0 Å². The van der Waals surface area contributed by atoms with Crippen LogP contribution in [-0.4, -0.2) is 70.1 Å². The quantitative estimate of drug-likeness (QED) is 0.702. The Balaban J connectivity index is 1.35. The molecule has 8 nitrogen and oxygen atoms in total. The van der Waals surface area contributed by atoms with E-state index in [0.717, 1.165) is 41.9 Å². The van der Waals surface area contributed by atoms with E-state index >= 15 is 0 Å². The maximum absolute atomic E-state index is 12.4. The number of halogens is 1. The highest BCUT2D eigenvalue weighted by Crippen LogP contribution is 2.29. The first-order valence-electron chi connectivity index (χ1n) is 10.3. The molecule has 1 aromatic carbocycles. The van der Waals surface area contributed by atoms with Crippen molar-refractivity contribution in [2.75, 3.05) is 44.2 Å². The Labute approximate surface area is 184 Å². The van der Waals surface area contributed by atoms with Gasteiger partial charge in [-0.15, -0.1) is 4.73 Å². The highest BCUT2D eigenvalue weighted by atomic mass is 79.9. The fraction of sp³-hybridized carbons (Fsp3) is 0.476. The molecule has 3 heterocycles. The summed E-state index contributed by atoms with van der Waals surface area (Å²) in [5.74, 6) is -0.639. The Morgan fingerprint density at radius 1 is 0.933 bits per heavy atom. The molecule has 2 N–H and O–H groups in total. The van der Waals surface area contributed by atoms with Gasteiger partial charge in [0.2, 0.25) is 11.8 Å². The van der Waals surface area contributed by atoms with Gasteiger partial charge in [-0.05, 0) is 37.0 Å². The second-order valence-corrected chi connectivity index (χ2v) is 8.70. The van der Waals surface area contributed by atoms with E-state index in [1.165, 1.54) is 42.6 Å². The fourth-order valence-electron chi connectivity index (χ4n) is 4.06. The van der Waals surface area contributed by atoms with Crippen molar-refractivity contribution in [1.29, 1.82) is 0 Å². The Hall–Kier alpha value is -2.39. The number of benzene rings is 1. The lowest BCUT2D eigenvalue weighted by molar-refractivity contribution is 0.0555. The SMILES string of the molecule is O=C(On1c(O)ccc1O)N1CCN(Cc2ccc(Br)cc2N2CCCCC2)CC1. The number of hydrogen-bond donors (Lipinski definition) is 2. The number of amides is 1. The second kappa shape index (κ2) is 9.18. The number of aromatic nitrogens is 1. The molecule has 1 aromatic heterocycles. The first kappa shape index (κ1) is 20.9. The van der Waals surface area contributed by atoms with E-state index < -0.39 is 6.09 Å². The summed E-state index contributed by atoms with van der Waals surface area (Å²) in [6.07, 6.45) is 3.18. The molecule has 30 heavy (non-hydrogen) atoms. The molecule has 0 saturated carbocycles. The van der Waals surface area contributed by atoms with Crippen LogP contribution in [0.4, 0.5) is 10.5 Å². The second-order valence-electron chi connectivity index (χ2n) is 7.79. The summed E-state index contributed by atoms with van der Waals surface area (Å²) in [7, 11) is 0. The zero-order chi connectivity index (χ0) is 21.1. The number of carbonyl (C=O) groups is 1. The van der Waals surface area contributed by atoms with Crippen LogP contribution in [0, 0.1) is 0 Å². The van der Waals surface area contributed by atoms with E-state index in [9.17, 15) is 15.0 Å². The lowest BCUT2D eigenvalue weighted by Gasteiger charge is -2.36. The van der Waals surface area contributed by atoms with Crippen LogP contribution in [0.25, 0.3) is 0 Å². The van der Waals surface area contributed by atoms with E-state index in [2.05, 4.69) is 43.9 Å². The van der Waals surface area contributed by atoms with Crippen LogP contribution in [-0.2, 0) is 6.54 Å². The summed E-state index contributed by atoms with van der Waals surface area (Å²) in [5.41, 5.74) is 2.60. The molecule has 0 spiro atoms. The first-order chi connectivity index (χ1) is 14.5. The van der Waals surface area contributed by atoms with Crippen LogP contribution < -0.4 is 9.74 Å². The third kappa shape index (κ3) is 4.67. The fourth-order valence-corrected chi connectivity index (χ4v) is 4.41. The molecule has 2 aliphatic rings. The summed E-state index contributed by atoms with van der Waals surface area (Å²) < 4.78 is 1.82. The van der Waals surface area contributed by atoms with Gasteiger partial charge in [-0.3, -0.25) is 4.90 Å². The van der Waals surface area contributed by atoms with Crippen molar-refractivity contribution in [2.45, 2.75) is 25.8 Å². The highest BCUT2D eigenvalue weighted by Gasteiger charge is 2.25. The minimum absolute atomic E-state index is 0.319. The molecular weight excluding hydrogens is 452 g/mol. The standard InChI is InChI=1S/C21H27BrN4O4/c22-17-5-4-16(18(14-17)24-8-2-1-3-9-24)15-23-10-12-25(13-11-23)21(29)30-26-19(27)6-7-20(26)28/h4-7,14,27-28H,1-3,8-13,15H2. The van der Waals surface area contributed by atoms with Gasteiger partial charge < -0.3 is 24.9 Å². The van der Waals surface area contributed by atoms with Crippen molar-refractivity contribution < 1.29 is 19.8 Å². The number of piperidine rings is 1. The normalized spacial score (nSPS) is 17.9. The van der Waals surface area contributed by atoms with Crippen LogP contribution in [0.2, 0.25) is 0 Å². The molecule has 0 unspecified atom stereocenters. The van der Waals surface area contributed by atoms with E-state index in [0.29, 0.717) is 13.1 Å². The van der Waals surface area contributed by atoms with E-state index in [1.54, 1.807) is 4.90 Å². The summed E-state index contributed by atoms with van der Waals surface area (Å²) >= 11 is 3.61. The lowest BCUT2D eigenvalue weighted by atomic mass is 10.1. The molecule has 1 amide bonds. The van der Waals surface area contributed by atoms with Crippen molar-refractivity contribution in [1.82, 2.24) is 14.5 Å². The van der Waals surface area contributed by atoms with Gasteiger partial charge in [0, 0.05) is 68.1 Å². The molecule has 2 saturated heterocycles. The molecule has 9 heteroatoms. The summed E-state index contributed by atoms with van der Waals surface area (Å²) in [4.78, 5) is 23.9. The zero-order valence-electron chi connectivity index (χ0n) is 16.8. The number of anilines is 1. The van der Waals surface area contributed by atoms with Crippen molar-refractivity contribution in [3.63, 3.8) is 0 Å². The van der Waals surface area contributed by atoms with Crippen molar-refractivity contribution in [3.05, 3.63) is 40.4 Å². The molecule has 162 valence electrons. The predicted octanol–water partition coefficient (Wildman–Crippen LogP) is 3.02. The summed E-state index contributed by atoms with van der Waals surface area (Å²) in [6, 6.07) is 9.01. The largest absolute Gasteiger partial charge is 0.492 e. The molecule has 2 aromatic rings. The summed E-state index contributed by atoms with van der Waals surface area (Å²) in [6.45, 7) is 5.54. The van der Waals surface area contributed by atoms with Crippen LogP contribution in [0.5, 0.6) is 11.8 Å². The molecule has 0 atom stereocenters. The van der Waals surface area contributed by atoms with E-state index in [4.69, 9.17) is 4.84 Å². The first-order valence-corrected chi connectivity index (χ1v) is 11.1. The van der Waals surface area contributed by atoms with Gasteiger partial charge >= 0.3 is 6.09 Å². The molecule has 2 fully saturated rings. The van der Waals surface area contributed by atoms with E-state index in [1.807, 2.05) is 0 Å². The maximum atomic E-state index is 12.4. The van der Waals surface area contributed by atoms with Crippen LogP contribution in [0.1, 0.15) is 24.8 Å². The van der Waals surface area contributed by atoms with Crippen LogP contribution in [0.15, 0.2) is 34.8 Å². The molecule has 0 radical (unpaired) electrons. The van der Waals surface area contributed by atoms with Gasteiger partial charge in [0.15, 0.2) is 0 Å². The number of aromatic hydroxyl groups is 2. The van der Waals surface area contributed by atoms with Crippen molar-refractivity contribution in [2.24, 2.45) is 0 Å². The Kier molecular flexibility index (Phi) is 6.38. The smallest absolute Gasteiger partial charge is 0.434 e. The van der Waals surface area contributed by atoms with E-state index in [-0.39, 0.29) is 11.8 Å². The molecule has 4 rings (SSSR count). The molecule has 0 bridgehead atoms. The number of nitrogens with zero attached hydrogens (tertiary/aromatic N) is 4. The van der Waals surface area contributed by atoms with Crippen LogP contribution >= 0.6 is 15.9 Å². The monoisotopic (exact) mass is 478 g/mol. The zero-order valence-corrected chi connectivity index (χ0v) is 18.4. The van der Waals surface area contributed by atoms with Gasteiger partial charge in [-0.1, -0.05) is 22.0 Å². The lowest BCUT2D eigenvalue weighted by Crippen LogP contribution is -2.50. The topological polar surface area (TPSA) is 81.4 Å². The third-order valence-electron chi connectivity index (χ3n) is 5.74. The summed E-state index contributed by atoms with van der Waals surface area (Å²) in [5, 5.41) is 19.3. The number of hydrogen-bond acceptors (Lipinski definition) is 6. The predicted molar refractivity (Wildman–Crippen MR) is 117 cm³/mol. The minimum Gasteiger partial charge on any atom is -0.492 e. The van der Waals surface area contributed by atoms with Gasteiger partial charge in [-0.2, -0.15) is 0 Å². The molecule has 0 aliphatic carbocycles. The van der Waals surface area contributed by atoms with Gasteiger partial charge in [-0.25, -0.2) is 4.79 Å². The van der Waals surface area contributed by atoms with Gasteiger partial charge in [0.05, 0.1) is 0 Å². The van der Waals surface area contributed by atoms with Gasteiger partial charge in [0.1, 0.15) is 0 Å². The Morgan fingerprint density at radius 2 is 1.60 bits per heavy atom. The van der Waals surface area contributed by atoms with Crippen molar-refractivity contribution in [3.8, 4) is 11.8 Å².